The number of hydrogen-bond donors (Lipinski definition) is 21. The van der Waals surface area contributed by atoms with Crippen LogP contribution in [0.4, 0.5) is 0 Å². The van der Waals surface area contributed by atoms with Gasteiger partial charge < -0.3 is 143 Å². The first-order chi connectivity index (χ1) is 58.5. The highest BCUT2D eigenvalue weighted by Gasteiger charge is 2.52. The fraction of sp³-hybridized carbons (Fsp3) is 0.366. The Bertz CT molecular complexity index is 5210. The van der Waals surface area contributed by atoms with Crippen molar-refractivity contribution in [2.75, 3.05) is 13.2 Å². The maximum atomic E-state index is 16.4. The number of nitrogens with two attached hydrogens (primary N) is 2. The second-order valence-corrected chi connectivity index (χ2v) is 31.8. The van der Waals surface area contributed by atoms with Gasteiger partial charge in [0.2, 0.25) is 59.3 Å². The van der Waals surface area contributed by atoms with Crippen LogP contribution in [-0.2, 0) is 75.1 Å². The maximum absolute atomic E-state index is 16.4. The number of benzene rings is 6. The van der Waals surface area contributed by atoms with E-state index >= 15 is 24.0 Å². The number of thiophene rings is 1. The molecule has 0 unspecified atom stereocenters. The van der Waals surface area contributed by atoms with Gasteiger partial charge in [-0.15, -0.1) is 17.9 Å². The molecule has 2 saturated heterocycles. The number of ether oxygens (including phenoxy) is 7. The van der Waals surface area contributed by atoms with Crippen molar-refractivity contribution in [1.82, 2.24) is 42.5 Å². The molecule has 654 valence electrons. The largest absolute Gasteiger partial charge is 0.508 e. The number of fused-ring (bicyclic) bond motifs is 15. The minimum atomic E-state index is -2.44. The summed E-state index contributed by atoms with van der Waals surface area (Å²) in [6, 6.07) is 6.23. The average molecular weight is 1760 g/mol. The normalized spacial score (nSPS) is 26.3. The molecule has 1 aromatic heterocycles. The molecule has 11 bridgehead atoms. The minimum Gasteiger partial charge on any atom is -0.508 e. The Balaban J connectivity index is 1.05. The van der Waals surface area contributed by atoms with Crippen molar-refractivity contribution in [2.24, 2.45) is 11.5 Å². The van der Waals surface area contributed by atoms with Crippen LogP contribution in [-0.4, -0.2) is 214 Å². The molecule has 0 saturated carbocycles. The Hall–Kier alpha value is -11.8. The standard InChI is InChI=1S/C82H88Cl2N10O28S/c1-4-5-19-116-41-9-6-8-35(21-41)32-87-82(3)31-59(117-34(2)72(82)106)121-71-69(105)68(104)56(33-95)120-81(71)122-70-54-25-39-26-55(70)119-53-17-13-38(24-46(53)84)67(103)65-79(113)92-63(77(111)88-48(80(114)115)14-18-58(100)101)44-27-40(96)28-51(98)60(44)43-22-36(11-15-50(43)97)61(75(109)94-65)91-76(110)62(39)90-74(108)49(30-57(86)99)89-78(112)64(66(102)37-12-16-52(118-54)45(83)23-37)93-73(107)47(85)29-42-10-7-20-123-42/h4,6-13,15-17,20-28,34,47-49,56,59,61-69,71-72,81,87,95-98,102-106H,1,5,14,18-19,29-33,85H2,2-3H3,(H2,86,99)(H,88,111)(H,89,112)(H,90,108)(H,91,110)(H,92,113)(H,93,107)(H,94,109)(H,100,101)(H,114,115)/t34-,47-,48-,49-,56+,59-,61+,62+,63-,64+,65-,66+,67+,68+,69-,71+,72+,81-,82-/m0/s1. The third-order valence-electron chi connectivity index (χ3n) is 21.2. The highest BCUT2D eigenvalue weighted by Crippen LogP contribution is 2.50. The highest BCUT2D eigenvalue weighted by atomic mass is 35.5. The quantitative estimate of drug-likeness (QED) is 0.0305. The molecule has 41 heteroatoms. The van der Waals surface area contributed by atoms with Gasteiger partial charge in [-0.2, -0.15) is 0 Å². The lowest BCUT2D eigenvalue weighted by atomic mass is 9.84. The first-order valence-corrected chi connectivity index (χ1v) is 40.0. The van der Waals surface area contributed by atoms with Crippen molar-refractivity contribution in [2.45, 2.75) is 174 Å². The number of phenols is 3. The van der Waals surface area contributed by atoms with Crippen LogP contribution < -0.4 is 72.9 Å². The number of carboxylic acid groups (broad SMARTS) is 2. The molecule has 6 aromatic carbocycles. The van der Waals surface area contributed by atoms with Crippen molar-refractivity contribution in [3.8, 4) is 62.9 Å². The summed E-state index contributed by atoms with van der Waals surface area (Å²) in [5.41, 5.74) is 8.22. The van der Waals surface area contributed by atoms with Crippen LogP contribution in [0, 0.1) is 0 Å². The number of aliphatic hydroxyl groups excluding tert-OH is 6. The van der Waals surface area contributed by atoms with E-state index in [-0.39, 0.29) is 30.5 Å². The molecule has 7 aliphatic heterocycles. The number of amides is 8. The molecule has 19 atom stereocenters. The zero-order valence-electron chi connectivity index (χ0n) is 65.3. The van der Waals surface area contributed by atoms with Gasteiger partial charge >= 0.3 is 11.9 Å². The van der Waals surface area contributed by atoms with Gasteiger partial charge in [0.1, 0.15) is 107 Å². The molecule has 7 aliphatic rings. The van der Waals surface area contributed by atoms with E-state index in [4.69, 9.17) is 67.8 Å². The Labute approximate surface area is 713 Å². The Morgan fingerprint density at radius 2 is 1.40 bits per heavy atom. The van der Waals surface area contributed by atoms with E-state index < -0.39 is 284 Å². The number of hydrogen-bond acceptors (Lipinski definition) is 29. The number of halogens is 2. The van der Waals surface area contributed by atoms with Crippen molar-refractivity contribution in [1.29, 1.82) is 0 Å². The Kier molecular flexibility index (Phi) is 28.5. The van der Waals surface area contributed by atoms with Gasteiger partial charge in [-0.25, -0.2) is 4.79 Å². The second-order valence-electron chi connectivity index (χ2n) is 30.0. The van der Waals surface area contributed by atoms with E-state index in [9.17, 15) is 80.1 Å². The van der Waals surface area contributed by atoms with Crippen LogP contribution in [0.3, 0.4) is 0 Å². The second kappa shape index (κ2) is 38.7. The summed E-state index contributed by atoms with van der Waals surface area (Å²) in [6.07, 6.45) is -18.9. The van der Waals surface area contributed by atoms with E-state index in [1.807, 2.05) is 6.07 Å². The summed E-state index contributed by atoms with van der Waals surface area (Å²) >= 11 is 15.6. The fourth-order valence-corrected chi connectivity index (χ4v) is 15.9. The van der Waals surface area contributed by atoms with Crippen molar-refractivity contribution in [3.63, 3.8) is 0 Å². The number of phenolic OH excluding ortho intramolecular Hbond substituents is 3. The predicted molar refractivity (Wildman–Crippen MR) is 431 cm³/mol. The summed E-state index contributed by atoms with van der Waals surface area (Å²) < 4.78 is 45.3. The lowest BCUT2D eigenvalue weighted by Gasteiger charge is -2.48. The summed E-state index contributed by atoms with van der Waals surface area (Å²) in [6.45, 7) is 6.45. The summed E-state index contributed by atoms with van der Waals surface area (Å²) in [5, 5.41) is 147. The van der Waals surface area contributed by atoms with Crippen LogP contribution in [0.2, 0.25) is 10.0 Å². The van der Waals surface area contributed by atoms with Gasteiger partial charge in [-0.1, -0.05) is 65.7 Å². The van der Waals surface area contributed by atoms with E-state index in [0.29, 0.717) is 29.7 Å². The SMILES string of the molecule is C=CCCOc1cccc(CN[C@@]2(C)C[C@H](O[C@H]3[C@H](Oc4c5cc6cc4Oc4ccc(cc4Cl)[C@@H](O)[C@@H](NC(=O)[C@@H](N)Cc4cccs4)C(=O)N[C@@H](CC(N)=O)C(=O)N[C@H]6C(=O)N[C@H]4C(=O)N[C@H](C(=O)N[C@H](C(=O)N[C@@H](CCC(=O)O)C(=O)O)c6cc(O)cc(O)c6-c6cc4ccc6O)[C@H](O)c4ccc(c(Cl)c4)O5)O[C@H](CO)[C@@H](O)[C@@H]3O)O[C@@H](C)[C@H]2O)c1. The van der Waals surface area contributed by atoms with Gasteiger partial charge in [0, 0.05) is 53.4 Å². The van der Waals surface area contributed by atoms with Gasteiger partial charge in [0.15, 0.2) is 23.9 Å². The number of rotatable bonds is 24. The van der Waals surface area contributed by atoms with Gasteiger partial charge in [-0.05, 0) is 138 Å². The molecular formula is C82H88Cl2N10O28S. The van der Waals surface area contributed by atoms with E-state index in [1.54, 1.807) is 55.6 Å². The third-order valence-corrected chi connectivity index (χ3v) is 22.7. The molecule has 0 aliphatic carbocycles. The number of aliphatic carboxylic acids is 2. The number of carboxylic acids is 2. The molecule has 0 spiro atoms. The maximum Gasteiger partial charge on any atom is 0.326 e. The summed E-state index contributed by atoms with van der Waals surface area (Å²) in [4.78, 5) is 145. The first-order valence-electron chi connectivity index (χ1n) is 38.4. The van der Waals surface area contributed by atoms with Crippen molar-refractivity contribution < 1.29 is 137 Å². The minimum absolute atomic E-state index is 0.0815. The number of aliphatic hydroxyl groups is 6. The predicted octanol–water partition coefficient (Wildman–Crippen LogP) is 2.24. The van der Waals surface area contributed by atoms with E-state index in [2.05, 4.69) is 49.1 Å². The highest BCUT2D eigenvalue weighted by molar-refractivity contribution is 7.09. The van der Waals surface area contributed by atoms with Gasteiger partial charge in [-0.3, -0.25) is 43.2 Å². The van der Waals surface area contributed by atoms with Crippen molar-refractivity contribution >= 4 is 93.7 Å². The third kappa shape index (κ3) is 20.8. The van der Waals surface area contributed by atoms with E-state index in [1.165, 1.54) is 17.4 Å². The van der Waals surface area contributed by atoms with Crippen LogP contribution in [0.25, 0.3) is 11.1 Å². The molecular weight excluding hydrogens is 1680 g/mol. The molecule has 38 nitrogen and oxygen atoms in total. The summed E-state index contributed by atoms with van der Waals surface area (Å²) in [5.74, 6) is -19.5. The lowest BCUT2D eigenvalue weighted by molar-refractivity contribution is -0.334. The molecule has 23 N–H and O–H groups in total. The summed E-state index contributed by atoms with van der Waals surface area (Å²) in [7, 11) is 0. The Morgan fingerprint density at radius 3 is 2.04 bits per heavy atom. The molecule has 8 heterocycles. The molecule has 8 amide bonds. The number of carbonyl (C=O) groups is 10. The molecule has 7 aromatic rings. The molecule has 0 radical (unpaired) electrons. The topological polar surface area (TPSA) is 606 Å². The Morgan fingerprint density at radius 1 is 0.732 bits per heavy atom. The van der Waals surface area contributed by atoms with Crippen LogP contribution >= 0.6 is 34.5 Å². The van der Waals surface area contributed by atoms with Crippen molar-refractivity contribution in [3.05, 3.63) is 182 Å². The zero-order valence-corrected chi connectivity index (χ0v) is 67.6. The number of primary amides is 1. The molecule has 2 fully saturated rings. The number of nitrogens with one attached hydrogen (secondary N) is 8. The molecule has 14 rings (SSSR count). The van der Waals surface area contributed by atoms with Crippen LogP contribution in [0.1, 0.15) is 115 Å². The zero-order chi connectivity index (χ0) is 88.7. The van der Waals surface area contributed by atoms with Crippen LogP contribution in [0.5, 0.6) is 51.7 Å². The van der Waals surface area contributed by atoms with E-state index in [0.717, 1.165) is 72.3 Å². The first kappa shape index (κ1) is 90.4. The fourth-order valence-electron chi connectivity index (χ4n) is 14.7. The number of aromatic hydroxyl groups is 3. The average Bonchev–Trinajstić information content (AvgIpc) is 0.946. The monoisotopic (exact) mass is 1760 g/mol. The number of carbonyl (C=O) groups excluding carboxylic acids is 8. The van der Waals surface area contributed by atoms with Gasteiger partial charge in [0.05, 0.1) is 47.9 Å². The smallest absolute Gasteiger partial charge is 0.326 e. The lowest BCUT2D eigenvalue weighted by Crippen LogP contribution is -2.65. The van der Waals surface area contributed by atoms with Crippen LogP contribution in [0.15, 0.2) is 133 Å². The molecule has 123 heavy (non-hydrogen) atoms. The van der Waals surface area contributed by atoms with Gasteiger partial charge in [0.25, 0.3) is 0 Å².